The number of carbonyl (C=O) groups excluding carboxylic acids is 2. The van der Waals surface area contributed by atoms with Crippen LogP contribution in [0.3, 0.4) is 0 Å². The van der Waals surface area contributed by atoms with Crippen molar-refractivity contribution in [1.29, 1.82) is 0 Å². The third-order valence-corrected chi connectivity index (χ3v) is 4.34. The van der Waals surface area contributed by atoms with E-state index in [2.05, 4.69) is 5.32 Å². The average Bonchev–Trinajstić information content (AvgIpc) is 2.82. The Labute approximate surface area is 180 Å². The molecule has 160 valence electrons. The van der Waals surface area contributed by atoms with Crippen molar-refractivity contribution in [3.63, 3.8) is 0 Å². The first-order valence-electron chi connectivity index (χ1n) is 9.55. The fourth-order valence-electron chi connectivity index (χ4n) is 2.75. The van der Waals surface area contributed by atoms with Crippen molar-refractivity contribution in [1.82, 2.24) is 0 Å². The van der Waals surface area contributed by atoms with Crippen LogP contribution in [0.1, 0.15) is 15.9 Å². The highest BCUT2D eigenvalue weighted by molar-refractivity contribution is 5.95. The van der Waals surface area contributed by atoms with Gasteiger partial charge in [0.2, 0.25) is 0 Å². The van der Waals surface area contributed by atoms with Crippen molar-refractivity contribution in [2.75, 3.05) is 26.1 Å². The molecular weight excluding hydrogens is 398 g/mol. The number of nitrogens with one attached hydrogen (secondary N) is 1. The Kier molecular flexibility index (Phi) is 7.48. The Morgan fingerprint density at radius 3 is 2.23 bits per heavy atom. The maximum atomic E-state index is 12.2. The molecule has 0 heterocycles. The van der Waals surface area contributed by atoms with E-state index >= 15 is 0 Å². The summed E-state index contributed by atoms with van der Waals surface area (Å²) in [6.45, 7) is -0.0287. The molecule has 3 aromatic carbocycles. The molecule has 0 saturated heterocycles. The van der Waals surface area contributed by atoms with E-state index in [4.69, 9.17) is 18.9 Å². The van der Waals surface area contributed by atoms with Gasteiger partial charge in [-0.15, -0.1) is 0 Å². The molecule has 0 aliphatic heterocycles. The van der Waals surface area contributed by atoms with Gasteiger partial charge >= 0.3 is 5.97 Å². The van der Waals surface area contributed by atoms with Gasteiger partial charge in [0.25, 0.3) is 5.91 Å². The third kappa shape index (κ3) is 6.24. The molecule has 31 heavy (non-hydrogen) atoms. The minimum Gasteiger partial charge on any atom is -0.493 e. The number of anilines is 1. The molecule has 1 N–H and O–H groups in total. The fourth-order valence-corrected chi connectivity index (χ4v) is 2.75. The van der Waals surface area contributed by atoms with Crippen molar-refractivity contribution >= 4 is 17.6 Å². The number of carbonyl (C=O) groups is 2. The van der Waals surface area contributed by atoms with Gasteiger partial charge in [-0.3, -0.25) is 4.79 Å². The van der Waals surface area contributed by atoms with Crippen LogP contribution in [-0.2, 0) is 16.1 Å². The standard InChI is InChI=1S/C24H23NO6/c1-28-21-13-12-19(14-22(21)29-2)25-23(26)16-31-24(27)18-10-8-17(9-11-18)15-30-20-6-4-3-5-7-20/h3-14H,15-16H2,1-2H3,(H,25,26). The number of esters is 1. The predicted octanol–water partition coefficient (Wildman–Crippen LogP) is 4.08. The molecule has 0 fully saturated rings. The Morgan fingerprint density at radius 1 is 0.839 bits per heavy atom. The van der Waals surface area contributed by atoms with E-state index in [0.29, 0.717) is 29.4 Å². The quantitative estimate of drug-likeness (QED) is 0.524. The van der Waals surface area contributed by atoms with E-state index in [1.165, 1.54) is 14.2 Å². The average molecular weight is 421 g/mol. The van der Waals surface area contributed by atoms with Crippen LogP contribution in [0.15, 0.2) is 72.8 Å². The molecule has 3 aromatic rings. The lowest BCUT2D eigenvalue weighted by Crippen LogP contribution is -2.21. The SMILES string of the molecule is COc1ccc(NC(=O)COC(=O)c2ccc(COc3ccccc3)cc2)cc1OC. The predicted molar refractivity (Wildman–Crippen MR) is 116 cm³/mol. The maximum absolute atomic E-state index is 12.2. The van der Waals surface area contributed by atoms with Crippen LogP contribution < -0.4 is 19.5 Å². The third-order valence-electron chi connectivity index (χ3n) is 4.34. The molecule has 7 nitrogen and oxygen atoms in total. The Hall–Kier alpha value is -4.00. The summed E-state index contributed by atoms with van der Waals surface area (Å²) in [6, 6.07) is 21.3. The fraction of sp³-hybridized carbons (Fsp3) is 0.167. The summed E-state index contributed by atoms with van der Waals surface area (Å²) in [6.07, 6.45) is 0. The highest BCUT2D eigenvalue weighted by atomic mass is 16.5. The second kappa shape index (κ2) is 10.7. The molecule has 7 heteroatoms. The first-order chi connectivity index (χ1) is 15.1. The number of ether oxygens (including phenoxy) is 4. The van der Waals surface area contributed by atoms with Crippen molar-refractivity contribution in [3.8, 4) is 17.2 Å². The summed E-state index contributed by atoms with van der Waals surface area (Å²) in [5.41, 5.74) is 1.76. The monoisotopic (exact) mass is 421 g/mol. The van der Waals surface area contributed by atoms with Crippen LogP contribution in [0.5, 0.6) is 17.2 Å². The first-order valence-corrected chi connectivity index (χ1v) is 9.55. The summed E-state index contributed by atoms with van der Waals surface area (Å²) in [7, 11) is 3.03. The van der Waals surface area contributed by atoms with E-state index in [-0.39, 0.29) is 0 Å². The zero-order chi connectivity index (χ0) is 22.1. The summed E-state index contributed by atoms with van der Waals surface area (Å²) in [5.74, 6) is 0.746. The first kappa shape index (κ1) is 21.7. The zero-order valence-electron chi connectivity index (χ0n) is 17.3. The van der Waals surface area contributed by atoms with Gasteiger partial charge in [-0.25, -0.2) is 4.79 Å². The molecule has 0 aliphatic rings. The van der Waals surface area contributed by atoms with Gasteiger partial charge in [-0.1, -0.05) is 30.3 Å². The van der Waals surface area contributed by atoms with Gasteiger partial charge in [0.05, 0.1) is 19.8 Å². The van der Waals surface area contributed by atoms with Crippen molar-refractivity contribution in [2.45, 2.75) is 6.61 Å². The number of amides is 1. The van der Waals surface area contributed by atoms with E-state index in [0.717, 1.165) is 11.3 Å². The van der Waals surface area contributed by atoms with Crippen LogP contribution in [0, 0.1) is 0 Å². The molecule has 1 amide bonds. The van der Waals surface area contributed by atoms with Gasteiger partial charge in [0.15, 0.2) is 18.1 Å². The number of benzene rings is 3. The van der Waals surface area contributed by atoms with Gasteiger partial charge in [-0.2, -0.15) is 0 Å². The number of hydrogen-bond acceptors (Lipinski definition) is 6. The molecule has 0 atom stereocenters. The van der Waals surface area contributed by atoms with Gasteiger partial charge in [-0.05, 0) is 42.0 Å². The Morgan fingerprint density at radius 2 is 1.55 bits per heavy atom. The number of methoxy groups -OCH3 is 2. The Bertz CT molecular complexity index is 1020. The number of para-hydroxylation sites is 1. The number of hydrogen-bond donors (Lipinski definition) is 1. The minimum atomic E-state index is -0.585. The highest BCUT2D eigenvalue weighted by Crippen LogP contribution is 2.29. The second-order valence-electron chi connectivity index (χ2n) is 6.49. The topological polar surface area (TPSA) is 83.1 Å². The molecule has 0 radical (unpaired) electrons. The van der Waals surface area contributed by atoms with E-state index in [1.54, 1.807) is 42.5 Å². The largest absolute Gasteiger partial charge is 0.493 e. The molecule has 0 unspecified atom stereocenters. The zero-order valence-corrected chi connectivity index (χ0v) is 17.3. The van der Waals surface area contributed by atoms with Crippen LogP contribution in [-0.4, -0.2) is 32.7 Å². The van der Waals surface area contributed by atoms with Crippen molar-refractivity contribution in [3.05, 3.63) is 83.9 Å². The lowest BCUT2D eigenvalue weighted by Gasteiger charge is -2.11. The lowest BCUT2D eigenvalue weighted by molar-refractivity contribution is -0.119. The van der Waals surface area contributed by atoms with Crippen molar-refractivity contribution in [2.24, 2.45) is 0 Å². The summed E-state index contributed by atoms with van der Waals surface area (Å²) < 4.78 is 21.1. The molecule has 0 spiro atoms. The van der Waals surface area contributed by atoms with Crippen LogP contribution in [0.25, 0.3) is 0 Å². The highest BCUT2D eigenvalue weighted by Gasteiger charge is 2.12. The summed E-state index contributed by atoms with van der Waals surface area (Å²) in [4.78, 5) is 24.3. The van der Waals surface area contributed by atoms with Crippen LogP contribution in [0.4, 0.5) is 5.69 Å². The van der Waals surface area contributed by atoms with E-state index < -0.39 is 18.5 Å². The Balaban J connectivity index is 1.48. The smallest absolute Gasteiger partial charge is 0.338 e. The second-order valence-corrected chi connectivity index (χ2v) is 6.49. The van der Waals surface area contributed by atoms with Gasteiger partial charge in [0.1, 0.15) is 12.4 Å². The van der Waals surface area contributed by atoms with Gasteiger partial charge < -0.3 is 24.3 Å². The molecule has 0 bridgehead atoms. The normalized spacial score (nSPS) is 10.1. The molecular formula is C24H23NO6. The summed E-state index contributed by atoms with van der Waals surface area (Å²) >= 11 is 0. The van der Waals surface area contributed by atoms with E-state index in [9.17, 15) is 9.59 Å². The van der Waals surface area contributed by atoms with E-state index in [1.807, 2.05) is 30.3 Å². The molecule has 0 saturated carbocycles. The van der Waals surface area contributed by atoms with Crippen molar-refractivity contribution < 1.29 is 28.5 Å². The lowest BCUT2D eigenvalue weighted by atomic mass is 10.1. The number of rotatable bonds is 9. The summed E-state index contributed by atoms with van der Waals surface area (Å²) in [5, 5.41) is 2.65. The van der Waals surface area contributed by atoms with Gasteiger partial charge in [0, 0.05) is 11.8 Å². The minimum absolute atomic E-state index is 0.349. The molecule has 0 aliphatic carbocycles. The van der Waals surface area contributed by atoms with Crippen LogP contribution >= 0.6 is 0 Å². The molecule has 3 rings (SSSR count). The maximum Gasteiger partial charge on any atom is 0.338 e. The molecule has 0 aromatic heterocycles. The van der Waals surface area contributed by atoms with Crippen LogP contribution in [0.2, 0.25) is 0 Å².